The molecule has 0 saturated carbocycles. The standard InChI is InChI=1S/C51H56N6O2S/c1-32-34(3)60-50-46(32)48(52-33(2)49-54-53-35(4)57(49)50)40-14-17-42(18-15-40)56-28-24-51(59,25-29-56)31-55-26-22-37(23-27-55)36-10-12-39(13-11-36)47-44(38-8-6-5-7-9-38)20-16-41-30-43(58)19-21-45(41)47/h5-15,17-19,21,30,33,37,44,47,58-59H,16,20,22-29,31H2,1-4H3/t33-,44-,47+/m0/s1. The Morgan fingerprint density at radius 3 is 2.23 bits per heavy atom. The van der Waals surface area contributed by atoms with Crippen LogP contribution in [-0.4, -0.2) is 73.9 Å². The zero-order valence-corrected chi connectivity index (χ0v) is 36.1. The molecular weight excluding hydrogens is 761 g/mol. The molecule has 308 valence electrons. The zero-order valence-electron chi connectivity index (χ0n) is 35.3. The van der Waals surface area contributed by atoms with Crippen LogP contribution in [-0.2, 0) is 6.42 Å². The molecule has 4 aromatic carbocycles. The van der Waals surface area contributed by atoms with Crippen LogP contribution in [0, 0.1) is 20.8 Å². The largest absolute Gasteiger partial charge is 0.508 e. The average molecular weight is 817 g/mol. The van der Waals surface area contributed by atoms with Crippen LogP contribution in [0.1, 0.15) is 124 Å². The highest BCUT2D eigenvalue weighted by molar-refractivity contribution is 7.15. The normalized spacial score (nSPS) is 21.8. The van der Waals surface area contributed by atoms with E-state index in [0.29, 0.717) is 17.6 Å². The summed E-state index contributed by atoms with van der Waals surface area (Å²) >= 11 is 1.79. The van der Waals surface area contributed by atoms with Gasteiger partial charge in [0.25, 0.3) is 0 Å². The van der Waals surface area contributed by atoms with Crippen LogP contribution in [0.2, 0.25) is 0 Å². The van der Waals surface area contributed by atoms with Crippen molar-refractivity contribution in [3.8, 4) is 10.8 Å². The molecule has 6 aromatic rings. The Morgan fingerprint density at radius 1 is 0.783 bits per heavy atom. The van der Waals surface area contributed by atoms with Gasteiger partial charge in [-0.3, -0.25) is 9.56 Å². The molecule has 2 aromatic heterocycles. The molecule has 9 heteroatoms. The summed E-state index contributed by atoms with van der Waals surface area (Å²) in [4.78, 5) is 11.5. The number of nitrogens with zero attached hydrogens (tertiary/aromatic N) is 6. The fourth-order valence-electron chi connectivity index (χ4n) is 10.7. The number of phenols is 1. The Balaban J connectivity index is 0.760. The number of aliphatic imine (C=N–C) groups is 1. The number of piperidine rings is 2. The molecule has 8 nitrogen and oxygen atoms in total. The van der Waals surface area contributed by atoms with Gasteiger partial charge >= 0.3 is 0 Å². The maximum Gasteiger partial charge on any atom is 0.162 e. The van der Waals surface area contributed by atoms with Crippen LogP contribution < -0.4 is 4.90 Å². The molecule has 4 aliphatic rings. The molecule has 5 heterocycles. The summed E-state index contributed by atoms with van der Waals surface area (Å²) in [6, 6.07) is 35.2. The van der Waals surface area contributed by atoms with Crippen molar-refractivity contribution in [3.63, 3.8) is 0 Å². The summed E-state index contributed by atoms with van der Waals surface area (Å²) < 4.78 is 2.19. The van der Waals surface area contributed by atoms with E-state index in [9.17, 15) is 10.2 Å². The molecule has 2 saturated heterocycles. The molecule has 3 aliphatic heterocycles. The molecule has 0 spiro atoms. The number of phenolic OH excluding ortho intramolecular Hbond substituents is 1. The van der Waals surface area contributed by atoms with Crippen LogP contribution in [0.25, 0.3) is 5.00 Å². The molecule has 1 aliphatic carbocycles. The summed E-state index contributed by atoms with van der Waals surface area (Å²) in [6.45, 7) is 13.0. The minimum atomic E-state index is -0.666. The lowest BCUT2D eigenvalue weighted by molar-refractivity contribution is -0.0213. The van der Waals surface area contributed by atoms with Gasteiger partial charge in [-0.05, 0) is 149 Å². The predicted octanol–water partition coefficient (Wildman–Crippen LogP) is 9.94. The summed E-state index contributed by atoms with van der Waals surface area (Å²) in [5, 5.41) is 32.2. The average Bonchev–Trinajstić information content (AvgIpc) is 3.76. The third kappa shape index (κ3) is 7.18. The number of aromatic nitrogens is 3. The minimum absolute atomic E-state index is 0.102. The van der Waals surface area contributed by atoms with Crippen molar-refractivity contribution >= 4 is 22.7 Å². The number of β-amino-alcohol motifs (C(OH)–C–C–N with tert-alkyl or cyclic N) is 1. The van der Waals surface area contributed by atoms with Gasteiger partial charge in [-0.15, -0.1) is 21.5 Å². The maximum absolute atomic E-state index is 11.9. The first kappa shape index (κ1) is 39.1. The number of likely N-dealkylation sites (tertiary alicyclic amines) is 1. The Morgan fingerprint density at radius 2 is 1.50 bits per heavy atom. The predicted molar refractivity (Wildman–Crippen MR) is 243 cm³/mol. The highest BCUT2D eigenvalue weighted by Crippen LogP contribution is 2.47. The first-order valence-corrected chi connectivity index (χ1v) is 22.8. The minimum Gasteiger partial charge on any atom is -0.508 e. The van der Waals surface area contributed by atoms with Gasteiger partial charge in [-0.25, -0.2) is 0 Å². The van der Waals surface area contributed by atoms with Gasteiger partial charge in [0.2, 0.25) is 0 Å². The lowest BCUT2D eigenvalue weighted by atomic mass is 9.69. The topological polar surface area (TPSA) is 90.0 Å². The highest BCUT2D eigenvalue weighted by Gasteiger charge is 2.37. The number of benzene rings is 4. The molecule has 0 unspecified atom stereocenters. The van der Waals surface area contributed by atoms with Crippen LogP contribution in [0.15, 0.2) is 102 Å². The van der Waals surface area contributed by atoms with Crippen molar-refractivity contribution in [3.05, 3.63) is 158 Å². The summed E-state index contributed by atoms with van der Waals surface area (Å²) in [5.41, 5.74) is 11.9. The van der Waals surface area contributed by atoms with E-state index in [4.69, 9.17) is 4.99 Å². The number of aromatic hydroxyl groups is 1. The van der Waals surface area contributed by atoms with Gasteiger partial charge < -0.3 is 20.0 Å². The van der Waals surface area contributed by atoms with E-state index in [2.05, 4.69) is 130 Å². The van der Waals surface area contributed by atoms with E-state index in [0.717, 1.165) is 99.2 Å². The summed E-state index contributed by atoms with van der Waals surface area (Å²) in [5.74, 6) is 3.35. The molecule has 60 heavy (non-hydrogen) atoms. The van der Waals surface area contributed by atoms with E-state index in [1.54, 1.807) is 11.3 Å². The molecule has 0 radical (unpaired) electrons. The van der Waals surface area contributed by atoms with E-state index < -0.39 is 5.60 Å². The van der Waals surface area contributed by atoms with Crippen LogP contribution >= 0.6 is 11.3 Å². The SMILES string of the molecule is Cc1sc2c(c1C)C(c1ccc(N3CCC(O)(CN4CCC(c5ccc([C@H]6c7ccc(O)cc7CC[C@H]6c6ccccc6)cc5)CC4)CC3)cc1)=N[C@@H](C)c1nnc(C)n1-2. The maximum atomic E-state index is 11.9. The third-order valence-corrected chi connectivity index (χ3v) is 15.4. The lowest BCUT2D eigenvalue weighted by Crippen LogP contribution is -2.52. The molecule has 0 amide bonds. The number of rotatable bonds is 7. The number of fused-ring (bicyclic) bond motifs is 4. The van der Waals surface area contributed by atoms with Gasteiger partial charge in [0.05, 0.1) is 11.3 Å². The fourth-order valence-corrected chi connectivity index (χ4v) is 12.0. The van der Waals surface area contributed by atoms with Crippen LogP contribution in [0.5, 0.6) is 5.75 Å². The molecule has 2 N–H and O–H groups in total. The van der Waals surface area contributed by atoms with E-state index >= 15 is 0 Å². The van der Waals surface area contributed by atoms with Crippen molar-refractivity contribution < 1.29 is 10.2 Å². The van der Waals surface area contributed by atoms with Crippen molar-refractivity contribution in [1.82, 2.24) is 19.7 Å². The quantitative estimate of drug-likeness (QED) is 0.167. The van der Waals surface area contributed by atoms with E-state index in [1.165, 1.54) is 49.5 Å². The van der Waals surface area contributed by atoms with E-state index in [1.807, 2.05) is 19.1 Å². The number of hydrogen-bond acceptors (Lipinski definition) is 8. The van der Waals surface area contributed by atoms with E-state index in [-0.39, 0.29) is 12.0 Å². The van der Waals surface area contributed by atoms with Crippen molar-refractivity contribution in [2.24, 2.45) is 4.99 Å². The molecule has 2 fully saturated rings. The first-order valence-electron chi connectivity index (χ1n) is 22.0. The second-order valence-electron chi connectivity index (χ2n) is 17.9. The first-order chi connectivity index (χ1) is 29.1. The molecular formula is C51H56N6O2S. The fraction of sp³-hybridized carbons (Fsp3) is 0.392. The van der Waals surface area contributed by atoms with Crippen molar-refractivity contribution in [1.29, 1.82) is 0 Å². The van der Waals surface area contributed by atoms with Gasteiger partial charge in [-0.1, -0.05) is 72.8 Å². The monoisotopic (exact) mass is 816 g/mol. The number of aliphatic hydroxyl groups is 1. The number of aryl methyl sites for hydroxylation is 3. The summed E-state index contributed by atoms with van der Waals surface area (Å²) in [6.07, 6.45) is 5.82. The zero-order chi connectivity index (χ0) is 41.1. The number of anilines is 1. The van der Waals surface area contributed by atoms with Crippen molar-refractivity contribution in [2.75, 3.05) is 37.6 Å². The second-order valence-corrected chi connectivity index (χ2v) is 19.2. The van der Waals surface area contributed by atoms with Gasteiger partial charge in [-0.2, -0.15) is 0 Å². The van der Waals surface area contributed by atoms with Crippen molar-refractivity contribution in [2.45, 2.75) is 95.6 Å². The van der Waals surface area contributed by atoms with Gasteiger partial charge in [0.15, 0.2) is 5.82 Å². The summed E-state index contributed by atoms with van der Waals surface area (Å²) in [7, 11) is 0. The van der Waals surface area contributed by atoms with Crippen LogP contribution in [0.3, 0.4) is 0 Å². The van der Waals surface area contributed by atoms with Gasteiger partial charge in [0, 0.05) is 47.2 Å². The molecule has 3 atom stereocenters. The Bertz CT molecular complexity index is 2530. The number of hydrogen-bond donors (Lipinski definition) is 2. The lowest BCUT2D eigenvalue weighted by Gasteiger charge is -2.43. The third-order valence-electron chi connectivity index (χ3n) is 14.2. The van der Waals surface area contributed by atoms with Crippen LogP contribution in [0.4, 0.5) is 5.69 Å². The smallest absolute Gasteiger partial charge is 0.162 e. The Kier molecular flexibility index (Phi) is 10.3. The number of thiophene rings is 1. The van der Waals surface area contributed by atoms with Gasteiger partial charge in [0.1, 0.15) is 22.6 Å². The Hall–Kier alpha value is -5.09. The highest BCUT2D eigenvalue weighted by atomic mass is 32.1. The molecule has 0 bridgehead atoms. The Labute approximate surface area is 358 Å². The second kappa shape index (κ2) is 15.7. The molecule has 10 rings (SSSR count).